The Morgan fingerprint density at radius 1 is 1.20 bits per heavy atom. The van der Waals surface area contributed by atoms with Crippen molar-refractivity contribution < 1.29 is 4.74 Å². The van der Waals surface area contributed by atoms with Crippen molar-refractivity contribution >= 4 is 0 Å². The summed E-state index contributed by atoms with van der Waals surface area (Å²) >= 11 is 0. The molecular formula is C13H25NO. The molecule has 0 aromatic carbocycles. The third kappa shape index (κ3) is 9.78. The smallest absolute Gasteiger partial charge is 0.107 e. The maximum atomic E-state index is 5.41. The molecule has 0 aliphatic heterocycles. The number of rotatable bonds is 6. The van der Waals surface area contributed by atoms with Gasteiger partial charge in [0.15, 0.2) is 0 Å². The maximum Gasteiger partial charge on any atom is 0.107 e. The molecule has 2 nitrogen and oxygen atoms in total. The van der Waals surface area contributed by atoms with Crippen molar-refractivity contribution in [2.45, 2.75) is 40.2 Å². The first-order valence-electron chi connectivity index (χ1n) is 5.80. The van der Waals surface area contributed by atoms with E-state index in [-0.39, 0.29) is 0 Å². The Kier molecular flexibility index (Phi) is 8.46. The predicted molar refractivity (Wildman–Crippen MR) is 65.8 cm³/mol. The molecule has 0 aromatic heterocycles. The van der Waals surface area contributed by atoms with Crippen LogP contribution >= 0.6 is 0 Å². The van der Waals surface area contributed by atoms with Crippen molar-refractivity contribution in [3.8, 4) is 11.8 Å². The topological polar surface area (TPSA) is 12.5 Å². The largest absolute Gasteiger partial charge is 0.369 e. The lowest BCUT2D eigenvalue weighted by Crippen LogP contribution is -2.27. The molecule has 0 heterocycles. The Balaban J connectivity index is 3.30. The number of hydrogen-bond acceptors (Lipinski definition) is 2. The van der Waals surface area contributed by atoms with E-state index in [1.165, 1.54) is 0 Å². The van der Waals surface area contributed by atoms with Gasteiger partial charge in [-0.25, -0.2) is 0 Å². The van der Waals surface area contributed by atoms with E-state index >= 15 is 0 Å². The molecule has 0 fully saturated rings. The van der Waals surface area contributed by atoms with Crippen molar-refractivity contribution in [2.75, 3.05) is 26.8 Å². The summed E-state index contributed by atoms with van der Waals surface area (Å²) in [5.41, 5.74) is 0. The van der Waals surface area contributed by atoms with Crippen molar-refractivity contribution in [3.63, 3.8) is 0 Å². The van der Waals surface area contributed by atoms with Crippen LogP contribution in [0.15, 0.2) is 0 Å². The Morgan fingerprint density at radius 3 is 2.40 bits per heavy atom. The fraction of sp³-hybridized carbons (Fsp3) is 0.846. The van der Waals surface area contributed by atoms with Crippen LogP contribution in [0.3, 0.4) is 0 Å². The van der Waals surface area contributed by atoms with Gasteiger partial charge in [0.2, 0.25) is 0 Å². The monoisotopic (exact) mass is 211 g/mol. The molecule has 0 unspecified atom stereocenters. The van der Waals surface area contributed by atoms with Gasteiger partial charge in [-0.3, -0.25) is 0 Å². The number of hydrogen-bond donors (Lipinski definition) is 0. The molecule has 88 valence electrons. The molecule has 0 N–H and O–H groups in total. The van der Waals surface area contributed by atoms with Crippen molar-refractivity contribution in [2.24, 2.45) is 5.92 Å². The number of ether oxygens (including phenoxy) is 1. The summed E-state index contributed by atoms with van der Waals surface area (Å²) in [6.45, 7) is 11.1. The minimum absolute atomic E-state index is 0.445. The molecule has 0 spiro atoms. The SMILES string of the molecule is CC(C)C#CCOCCCN(C)C(C)C. The Hall–Kier alpha value is -0.520. The lowest BCUT2D eigenvalue weighted by Gasteiger charge is -2.20. The minimum atomic E-state index is 0.445. The standard InChI is InChI=1S/C13H25NO/c1-12(2)8-6-10-15-11-7-9-14(5)13(3)4/h12-13H,7,9-11H2,1-5H3. The fourth-order valence-electron chi connectivity index (χ4n) is 1.04. The van der Waals surface area contributed by atoms with Gasteiger partial charge < -0.3 is 9.64 Å². The van der Waals surface area contributed by atoms with Crippen LogP contribution in [-0.4, -0.2) is 37.7 Å². The summed E-state index contributed by atoms with van der Waals surface area (Å²) in [5.74, 6) is 6.53. The van der Waals surface area contributed by atoms with Crippen molar-refractivity contribution in [1.29, 1.82) is 0 Å². The van der Waals surface area contributed by atoms with E-state index in [1.54, 1.807) is 0 Å². The average molecular weight is 211 g/mol. The van der Waals surface area contributed by atoms with Gasteiger partial charge in [0.1, 0.15) is 6.61 Å². The second-order valence-electron chi connectivity index (χ2n) is 4.46. The van der Waals surface area contributed by atoms with E-state index in [4.69, 9.17) is 4.74 Å². The second kappa shape index (κ2) is 8.76. The molecule has 0 bridgehead atoms. The molecule has 2 heteroatoms. The van der Waals surface area contributed by atoms with Gasteiger partial charge in [0.25, 0.3) is 0 Å². The van der Waals surface area contributed by atoms with Crippen LogP contribution in [0.1, 0.15) is 34.1 Å². The van der Waals surface area contributed by atoms with Gasteiger partial charge in [0.05, 0.1) is 0 Å². The highest BCUT2D eigenvalue weighted by Gasteiger charge is 2.01. The van der Waals surface area contributed by atoms with Gasteiger partial charge >= 0.3 is 0 Å². The normalized spacial score (nSPS) is 10.9. The van der Waals surface area contributed by atoms with E-state index in [0.717, 1.165) is 19.6 Å². The third-order valence-electron chi connectivity index (χ3n) is 2.25. The molecule has 0 aromatic rings. The number of nitrogens with zero attached hydrogens (tertiary/aromatic N) is 1. The Bertz CT molecular complexity index is 200. The van der Waals surface area contributed by atoms with E-state index in [0.29, 0.717) is 18.6 Å². The summed E-state index contributed by atoms with van der Waals surface area (Å²) in [5, 5.41) is 0. The zero-order chi connectivity index (χ0) is 11.7. The summed E-state index contributed by atoms with van der Waals surface area (Å²) in [7, 11) is 2.14. The van der Waals surface area contributed by atoms with E-state index in [2.05, 4.69) is 51.5 Å². The van der Waals surface area contributed by atoms with Crippen LogP contribution in [-0.2, 0) is 4.74 Å². The molecule has 0 aliphatic rings. The molecule has 0 radical (unpaired) electrons. The molecule has 0 amide bonds. The summed E-state index contributed by atoms with van der Waals surface area (Å²) in [6.07, 6.45) is 1.08. The van der Waals surface area contributed by atoms with Crippen molar-refractivity contribution in [1.82, 2.24) is 4.90 Å². The molecule has 0 atom stereocenters. The quantitative estimate of drug-likeness (QED) is 0.494. The van der Waals surface area contributed by atoms with Crippen molar-refractivity contribution in [3.05, 3.63) is 0 Å². The lowest BCUT2D eigenvalue weighted by atomic mass is 10.2. The molecule has 0 rings (SSSR count). The van der Waals surface area contributed by atoms with Gasteiger partial charge in [-0.05, 0) is 27.3 Å². The predicted octanol–water partition coefficient (Wildman–Crippen LogP) is 2.39. The molecule has 0 saturated carbocycles. The van der Waals surface area contributed by atoms with Crippen LogP contribution in [0.4, 0.5) is 0 Å². The zero-order valence-corrected chi connectivity index (χ0v) is 10.8. The average Bonchev–Trinajstić information content (AvgIpc) is 2.15. The van der Waals surface area contributed by atoms with Crippen LogP contribution in [0.25, 0.3) is 0 Å². The highest BCUT2D eigenvalue weighted by molar-refractivity contribution is 5.01. The second-order valence-corrected chi connectivity index (χ2v) is 4.46. The Labute approximate surface area is 95.0 Å². The Morgan fingerprint density at radius 2 is 1.87 bits per heavy atom. The van der Waals surface area contributed by atoms with Crippen LogP contribution in [0.2, 0.25) is 0 Å². The lowest BCUT2D eigenvalue weighted by molar-refractivity contribution is 0.147. The van der Waals surface area contributed by atoms with E-state index < -0.39 is 0 Å². The molecule has 15 heavy (non-hydrogen) atoms. The van der Waals surface area contributed by atoms with Crippen LogP contribution < -0.4 is 0 Å². The summed E-state index contributed by atoms with van der Waals surface area (Å²) in [6, 6.07) is 0.616. The first kappa shape index (κ1) is 14.5. The van der Waals surface area contributed by atoms with Gasteiger partial charge in [-0.1, -0.05) is 25.7 Å². The first-order chi connectivity index (χ1) is 7.04. The molecular weight excluding hydrogens is 186 g/mol. The minimum Gasteiger partial charge on any atom is -0.369 e. The third-order valence-corrected chi connectivity index (χ3v) is 2.25. The molecule has 0 saturated heterocycles. The summed E-state index contributed by atoms with van der Waals surface area (Å²) < 4.78 is 5.41. The van der Waals surface area contributed by atoms with E-state index in [9.17, 15) is 0 Å². The highest BCUT2D eigenvalue weighted by Crippen LogP contribution is 1.95. The highest BCUT2D eigenvalue weighted by atomic mass is 16.5. The molecule has 0 aliphatic carbocycles. The first-order valence-corrected chi connectivity index (χ1v) is 5.80. The van der Waals surface area contributed by atoms with Gasteiger partial charge in [-0.15, -0.1) is 0 Å². The van der Waals surface area contributed by atoms with Gasteiger partial charge in [0, 0.05) is 25.1 Å². The van der Waals surface area contributed by atoms with Gasteiger partial charge in [-0.2, -0.15) is 0 Å². The van der Waals surface area contributed by atoms with Crippen LogP contribution in [0.5, 0.6) is 0 Å². The zero-order valence-electron chi connectivity index (χ0n) is 10.8. The van der Waals surface area contributed by atoms with E-state index in [1.807, 2.05) is 0 Å². The maximum absolute atomic E-state index is 5.41. The fourth-order valence-corrected chi connectivity index (χ4v) is 1.04. The summed E-state index contributed by atoms with van der Waals surface area (Å²) in [4.78, 5) is 2.32. The van der Waals surface area contributed by atoms with Crippen LogP contribution in [0, 0.1) is 17.8 Å².